The zero-order valence-corrected chi connectivity index (χ0v) is 14.2. The number of thioether (sulfide) groups is 1. The van der Waals surface area contributed by atoms with Gasteiger partial charge in [-0.3, -0.25) is 4.90 Å². The molecule has 0 radical (unpaired) electrons. The molecule has 0 bridgehead atoms. The molecule has 1 saturated heterocycles. The van der Waals surface area contributed by atoms with Crippen molar-refractivity contribution in [2.75, 3.05) is 45.1 Å². The van der Waals surface area contributed by atoms with Crippen LogP contribution in [0.25, 0.3) is 0 Å². The SMILES string of the molecule is CC(CCN1CCOCC1)(CN=O)SCCc1ccccc1. The number of aryl methyl sites for hydroxylation is 1. The van der Waals surface area contributed by atoms with E-state index in [-0.39, 0.29) is 4.75 Å². The highest BCUT2D eigenvalue weighted by atomic mass is 32.2. The molecule has 1 aromatic rings. The summed E-state index contributed by atoms with van der Waals surface area (Å²) in [5.74, 6) is 1.03. The molecule has 1 aliphatic heterocycles. The van der Waals surface area contributed by atoms with E-state index in [1.54, 1.807) is 0 Å². The van der Waals surface area contributed by atoms with Gasteiger partial charge in [0.1, 0.15) is 0 Å². The molecule has 0 N–H and O–H groups in total. The van der Waals surface area contributed by atoms with E-state index < -0.39 is 0 Å². The van der Waals surface area contributed by atoms with Crippen LogP contribution in [0.1, 0.15) is 18.9 Å². The second-order valence-electron chi connectivity index (χ2n) is 6.03. The van der Waals surface area contributed by atoms with Crippen LogP contribution in [-0.4, -0.2) is 54.8 Å². The zero-order valence-electron chi connectivity index (χ0n) is 13.4. The van der Waals surface area contributed by atoms with Gasteiger partial charge in [0, 0.05) is 17.8 Å². The molecule has 0 aromatic heterocycles. The minimum Gasteiger partial charge on any atom is -0.379 e. The van der Waals surface area contributed by atoms with Crippen LogP contribution in [0.4, 0.5) is 0 Å². The molecule has 0 amide bonds. The molecule has 2 rings (SSSR count). The molecule has 1 atom stereocenters. The molecule has 1 aromatic carbocycles. The second kappa shape index (κ2) is 9.28. The van der Waals surface area contributed by atoms with Gasteiger partial charge in [0.25, 0.3) is 0 Å². The first-order valence-corrected chi connectivity index (χ1v) is 8.97. The van der Waals surface area contributed by atoms with Gasteiger partial charge >= 0.3 is 0 Å². The highest BCUT2D eigenvalue weighted by Gasteiger charge is 2.26. The van der Waals surface area contributed by atoms with Gasteiger partial charge in [0.05, 0.1) is 19.8 Å². The smallest absolute Gasteiger partial charge is 0.0955 e. The fraction of sp³-hybridized carbons (Fsp3) is 0.647. The Bertz CT molecular complexity index is 438. The van der Waals surface area contributed by atoms with Crippen LogP contribution in [0.5, 0.6) is 0 Å². The van der Waals surface area contributed by atoms with Crippen molar-refractivity contribution >= 4 is 11.8 Å². The molecule has 22 heavy (non-hydrogen) atoms. The quantitative estimate of drug-likeness (QED) is 0.655. The number of hydrogen-bond acceptors (Lipinski definition) is 5. The first-order valence-electron chi connectivity index (χ1n) is 7.99. The standard InChI is InChI=1S/C17H26N2O2S/c1-17(15-18-20,8-9-19-10-12-21-13-11-19)22-14-7-16-5-3-2-4-6-16/h2-6H,7-15H2,1H3. The Morgan fingerprint density at radius 3 is 2.68 bits per heavy atom. The minimum absolute atomic E-state index is 0.0607. The fourth-order valence-corrected chi connectivity index (χ4v) is 3.82. The van der Waals surface area contributed by atoms with E-state index >= 15 is 0 Å². The van der Waals surface area contributed by atoms with E-state index in [4.69, 9.17) is 4.74 Å². The van der Waals surface area contributed by atoms with Crippen molar-refractivity contribution in [2.45, 2.75) is 24.5 Å². The Labute approximate surface area is 137 Å². The summed E-state index contributed by atoms with van der Waals surface area (Å²) >= 11 is 1.88. The summed E-state index contributed by atoms with van der Waals surface area (Å²) in [6.07, 6.45) is 2.04. The first kappa shape index (κ1) is 17.4. The van der Waals surface area contributed by atoms with Gasteiger partial charge in [-0.1, -0.05) is 35.5 Å². The molecule has 0 aliphatic carbocycles. The lowest BCUT2D eigenvalue weighted by Crippen LogP contribution is -2.40. The maximum atomic E-state index is 10.8. The molecular weight excluding hydrogens is 296 g/mol. The summed E-state index contributed by atoms with van der Waals surface area (Å²) < 4.78 is 5.32. The van der Waals surface area contributed by atoms with Gasteiger partial charge in [0.15, 0.2) is 0 Å². The first-order chi connectivity index (χ1) is 10.7. The van der Waals surface area contributed by atoms with Crippen LogP contribution in [0, 0.1) is 4.91 Å². The Morgan fingerprint density at radius 1 is 1.27 bits per heavy atom. The molecule has 1 fully saturated rings. The Balaban J connectivity index is 1.77. The van der Waals surface area contributed by atoms with Crippen LogP contribution in [-0.2, 0) is 11.2 Å². The molecule has 1 aliphatic rings. The molecule has 1 unspecified atom stereocenters. The van der Waals surface area contributed by atoms with Crippen molar-refractivity contribution in [3.8, 4) is 0 Å². The van der Waals surface area contributed by atoms with Gasteiger partial charge in [-0.25, -0.2) is 0 Å². The van der Waals surface area contributed by atoms with E-state index in [1.165, 1.54) is 5.56 Å². The Morgan fingerprint density at radius 2 is 2.00 bits per heavy atom. The predicted octanol–water partition coefficient (Wildman–Crippen LogP) is 3.21. The number of ether oxygens (including phenoxy) is 1. The lowest BCUT2D eigenvalue weighted by Gasteiger charge is -2.32. The van der Waals surface area contributed by atoms with Crippen LogP contribution in [0.2, 0.25) is 0 Å². The molecule has 4 nitrogen and oxygen atoms in total. The van der Waals surface area contributed by atoms with E-state index in [0.29, 0.717) is 6.54 Å². The highest BCUT2D eigenvalue weighted by molar-refractivity contribution is 8.00. The molecular formula is C17H26N2O2S. The number of rotatable bonds is 9. The zero-order chi connectivity index (χ0) is 15.7. The maximum Gasteiger partial charge on any atom is 0.0955 e. The van der Waals surface area contributed by atoms with Crippen LogP contribution >= 0.6 is 11.8 Å². The minimum atomic E-state index is -0.0607. The monoisotopic (exact) mass is 322 g/mol. The lowest BCUT2D eigenvalue weighted by molar-refractivity contribution is 0.0364. The van der Waals surface area contributed by atoms with Crippen molar-refractivity contribution in [1.29, 1.82) is 0 Å². The van der Waals surface area contributed by atoms with E-state index in [9.17, 15) is 4.91 Å². The van der Waals surface area contributed by atoms with Crippen molar-refractivity contribution < 1.29 is 4.74 Å². The van der Waals surface area contributed by atoms with Crippen LogP contribution in [0.15, 0.2) is 35.5 Å². The largest absolute Gasteiger partial charge is 0.379 e. The van der Waals surface area contributed by atoms with Crippen LogP contribution in [0.3, 0.4) is 0 Å². The lowest BCUT2D eigenvalue weighted by atomic mass is 10.1. The number of morpholine rings is 1. The average Bonchev–Trinajstić information content (AvgIpc) is 2.55. The van der Waals surface area contributed by atoms with Crippen molar-refractivity contribution in [3.63, 3.8) is 0 Å². The fourth-order valence-electron chi connectivity index (χ4n) is 2.61. The summed E-state index contributed by atoms with van der Waals surface area (Å²) in [4.78, 5) is 13.2. The number of hydrogen-bond donors (Lipinski definition) is 0. The van der Waals surface area contributed by atoms with E-state index in [1.807, 2.05) is 17.8 Å². The van der Waals surface area contributed by atoms with Gasteiger partial charge in [-0.05, 0) is 37.6 Å². The Kier molecular flexibility index (Phi) is 7.36. The number of nitrogens with zero attached hydrogens (tertiary/aromatic N) is 2. The van der Waals surface area contributed by atoms with Crippen molar-refractivity contribution in [3.05, 3.63) is 40.8 Å². The molecule has 1 heterocycles. The summed E-state index contributed by atoms with van der Waals surface area (Å²) in [5.41, 5.74) is 1.35. The van der Waals surface area contributed by atoms with E-state index in [0.717, 1.165) is 51.4 Å². The van der Waals surface area contributed by atoms with Gasteiger partial charge in [0.2, 0.25) is 0 Å². The topological polar surface area (TPSA) is 41.9 Å². The van der Waals surface area contributed by atoms with Crippen molar-refractivity contribution in [1.82, 2.24) is 4.90 Å². The third-order valence-corrected chi connectivity index (χ3v) is 5.58. The predicted molar refractivity (Wildman–Crippen MR) is 93.5 cm³/mol. The molecule has 0 saturated carbocycles. The summed E-state index contributed by atoms with van der Waals surface area (Å²) in [5, 5.41) is 3.18. The van der Waals surface area contributed by atoms with Gasteiger partial charge in [-0.15, -0.1) is 0 Å². The van der Waals surface area contributed by atoms with Crippen molar-refractivity contribution in [2.24, 2.45) is 5.18 Å². The number of nitroso groups, excluding NO2 is 1. The highest BCUT2D eigenvalue weighted by Crippen LogP contribution is 2.30. The molecule has 5 heteroatoms. The average molecular weight is 322 g/mol. The Hall–Kier alpha value is -0.910. The second-order valence-corrected chi connectivity index (χ2v) is 7.71. The van der Waals surface area contributed by atoms with E-state index in [2.05, 4.69) is 41.3 Å². The third-order valence-electron chi connectivity index (χ3n) is 4.14. The van der Waals surface area contributed by atoms with Crippen LogP contribution < -0.4 is 0 Å². The summed E-state index contributed by atoms with van der Waals surface area (Å²) in [6.45, 7) is 7.22. The summed E-state index contributed by atoms with van der Waals surface area (Å²) in [6, 6.07) is 10.5. The molecule has 0 spiro atoms. The molecule has 122 valence electrons. The number of benzene rings is 1. The summed E-state index contributed by atoms with van der Waals surface area (Å²) in [7, 11) is 0. The van der Waals surface area contributed by atoms with Gasteiger partial charge < -0.3 is 4.74 Å². The third kappa shape index (κ3) is 6.07. The van der Waals surface area contributed by atoms with Gasteiger partial charge in [-0.2, -0.15) is 16.7 Å². The normalized spacial score (nSPS) is 18.8. The maximum absolute atomic E-state index is 10.8.